The molecular weight excluding hydrogens is 552 g/mol. The summed E-state index contributed by atoms with van der Waals surface area (Å²) in [5.74, 6) is 0.453. The van der Waals surface area contributed by atoms with Crippen LogP contribution in [0.15, 0.2) is 69.6 Å². The molecule has 3 heterocycles. The summed E-state index contributed by atoms with van der Waals surface area (Å²) in [5, 5.41) is 4.75. The van der Waals surface area contributed by atoms with Crippen LogP contribution in [-0.4, -0.2) is 41.1 Å². The van der Waals surface area contributed by atoms with E-state index in [9.17, 15) is 9.59 Å². The minimum Gasteiger partial charge on any atom is -0.493 e. The molecule has 1 aliphatic rings. The predicted octanol–water partition coefficient (Wildman–Crippen LogP) is 3.96. The van der Waals surface area contributed by atoms with Gasteiger partial charge < -0.3 is 14.2 Å². The smallest absolute Gasteiger partial charge is 0.338 e. The van der Waals surface area contributed by atoms with Crippen molar-refractivity contribution in [3.05, 3.63) is 101 Å². The molecule has 11 heteroatoms. The van der Waals surface area contributed by atoms with Gasteiger partial charge >= 0.3 is 5.97 Å². The van der Waals surface area contributed by atoms with Gasteiger partial charge in [0.05, 0.1) is 54.1 Å². The lowest BCUT2D eigenvalue weighted by Crippen LogP contribution is -2.40. The van der Waals surface area contributed by atoms with Crippen molar-refractivity contribution in [3.63, 3.8) is 0 Å². The third-order valence-corrected chi connectivity index (χ3v) is 7.90. The van der Waals surface area contributed by atoms with Gasteiger partial charge in [-0.3, -0.25) is 9.36 Å². The van der Waals surface area contributed by atoms with Gasteiger partial charge in [-0.25, -0.2) is 14.5 Å². The molecule has 0 amide bonds. The number of hydrogen-bond donors (Lipinski definition) is 0. The van der Waals surface area contributed by atoms with Crippen LogP contribution < -0.4 is 24.4 Å². The van der Waals surface area contributed by atoms with Gasteiger partial charge in [0, 0.05) is 5.56 Å². The van der Waals surface area contributed by atoms with Crippen LogP contribution in [0, 0.1) is 6.92 Å². The first kappa shape index (κ1) is 27.4. The first-order valence-electron chi connectivity index (χ1n) is 12.5. The highest BCUT2D eigenvalue weighted by molar-refractivity contribution is 7.07. The summed E-state index contributed by atoms with van der Waals surface area (Å²) in [4.78, 5) is 32.2. The molecule has 0 fully saturated rings. The van der Waals surface area contributed by atoms with Gasteiger partial charge in [0.25, 0.3) is 5.56 Å². The summed E-state index contributed by atoms with van der Waals surface area (Å²) >= 11 is 7.77. The highest BCUT2D eigenvalue weighted by Gasteiger charge is 2.34. The average molecular weight is 579 g/mol. The number of carbonyl (C=O) groups is 1. The molecule has 0 aliphatic carbocycles. The third kappa shape index (κ3) is 4.73. The van der Waals surface area contributed by atoms with E-state index in [1.807, 2.05) is 37.3 Å². The lowest BCUT2D eigenvalue weighted by atomic mass is 9.95. The number of carbonyl (C=O) groups excluding carboxylic acids is 1. The van der Waals surface area contributed by atoms with Crippen LogP contribution in [0.4, 0.5) is 0 Å². The van der Waals surface area contributed by atoms with Crippen molar-refractivity contribution in [3.8, 4) is 17.2 Å². The Morgan fingerprint density at radius 1 is 1.10 bits per heavy atom. The fourth-order valence-corrected chi connectivity index (χ4v) is 6.02. The fourth-order valence-electron chi connectivity index (χ4n) is 4.73. The Labute approximate surface area is 239 Å². The van der Waals surface area contributed by atoms with E-state index in [1.54, 1.807) is 49.9 Å². The van der Waals surface area contributed by atoms with Crippen LogP contribution >= 0.6 is 22.9 Å². The van der Waals surface area contributed by atoms with E-state index in [1.165, 1.54) is 23.0 Å². The molecule has 9 nitrogen and oxygen atoms in total. The molecule has 5 rings (SSSR count). The minimum atomic E-state index is -0.791. The largest absolute Gasteiger partial charge is 0.493 e. The van der Waals surface area contributed by atoms with Gasteiger partial charge in [-0.05, 0) is 56.7 Å². The SMILES string of the molecule is CCOC(=O)C1=C(C)N=c2sc(=Cc3c(Cl)nn(-c4ccccc4)c3C)c(=O)n2C1c1ccc(OC)c(OC)c1. The number of fused-ring (bicyclic) bond motifs is 1. The van der Waals surface area contributed by atoms with Crippen LogP contribution in [0.1, 0.15) is 36.7 Å². The van der Waals surface area contributed by atoms with Crippen LogP contribution in [0.2, 0.25) is 5.15 Å². The number of thiazole rings is 1. The number of para-hydroxylation sites is 1. The number of methoxy groups -OCH3 is 2. The zero-order valence-corrected chi connectivity index (χ0v) is 24.2. The lowest BCUT2D eigenvalue weighted by molar-refractivity contribution is -0.139. The molecule has 206 valence electrons. The summed E-state index contributed by atoms with van der Waals surface area (Å²) < 4.78 is 19.9. The second-order valence-electron chi connectivity index (χ2n) is 8.95. The maximum Gasteiger partial charge on any atom is 0.338 e. The molecule has 0 saturated carbocycles. The number of benzene rings is 2. The third-order valence-electron chi connectivity index (χ3n) is 6.63. The zero-order valence-electron chi connectivity index (χ0n) is 22.6. The number of aromatic nitrogens is 3. The van der Waals surface area contributed by atoms with E-state index in [-0.39, 0.29) is 22.9 Å². The Bertz CT molecular complexity index is 1820. The standard InChI is InChI=1S/C29H27ClN4O5S/c1-6-39-28(36)24-16(2)31-29-33(25(24)18-12-13-21(37-4)22(14-18)38-5)27(35)23(40-29)15-20-17(3)34(32-26(20)30)19-10-8-7-9-11-19/h7-15,25H,6H2,1-5H3. The van der Waals surface area contributed by atoms with Crippen molar-refractivity contribution < 1.29 is 19.0 Å². The number of allylic oxidation sites excluding steroid dienone is 1. The minimum absolute atomic E-state index is 0.182. The monoisotopic (exact) mass is 578 g/mol. The van der Waals surface area contributed by atoms with E-state index in [0.29, 0.717) is 37.7 Å². The number of hydrogen-bond acceptors (Lipinski definition) is 8. The van der Waals surface area contributed by atoms with Crippen LogP contribution in [0.25, 0.3) is 11.8 Å². The quantitative estimate of drug-likeness (QED) is 0.308. The van der Waals surface area contributed by atoms with E-state index >= 15 is 0 Å². The van der Waals surface area contributed by atoms with Gasteiger partial charge in [-0.15, -0.1) is 0 Å². The summed E-state index contributed by atoms with van der Waals surface area (Å²) in [5.41, 5.74) is 3.33. The van der Waals surface area contributed by atoms with Crippen molar-refractivity contribution in [1.82, 2.24) is 14.3 Å². The maximum absolute atomic E-state index is 14.0. The van der Waals surface area contributed by atoms with Gasteiger partial charge in [0.2, 0.25) is 0 Å². The molecular formula is C29H27ClN4O5S. The fraction of sp³-hybridized carbons (Fsp3) is 0.241. The molecule has 1 aliphatic heterocycles. The number of halogens is 1. The molecule has 4 aromatic rings. The van der Waals surface area contributed by atoms with Gasteiger partial charge in [0.15, 0.2) is 21.5 Å². The number of ether oxygens (including phenoxy) is 3. The van der Waals surface area contributed by atoms with Crippen molar-refractivity contribution in [2.75, 3.05) is 20.8 Å². The van der Waals surface area contributed by atoms with Crippen molar-refractivity contribution in [1.29, 1.82) is 0 Å². The molecule has 1 unspecified atom stereocenters. The van der Waals surface area contributed by atoms with Crippen LogP contribution in [-0.2, 0) is 9.53 Å². The van der Waals surface area contributed by atoms with Crippen molar-refractivity contribution in [2.24, 2.45) is 4.99 Å². The van der Waals surface area contributed by atoms with E-state index in [4.69, 9.17) is 25.8 Å². The molecule has 40 heavy (non-hydrogen) atoms. The summed E-state index contributed by atoms with van der Waals surface area (Å²) in [6.07, 6.45) is 1.73. The number of rotatable bonds is 7. The first-order chi connectivity index (χ1) is 19.3. The molecule has 0 N–H and O–H groups in total. The Morgan fingerprint density at radius 3 is 2.50 bits per heavy atom. The number of nitrogens with zero attached hydrogens (tertiary/aromatic N) is 4. The maximum atomic E-state index is 14.0. The molecule has 2 aromatic carbocycles. The summed E-state index contributed by atoms with van der Waals surface area (Å²) in [6.45, 7) is 5.55. The van der Waals surface area contributed by atoms with Crippen LogP contribution in [0.3, 0.4) is 0 Å². The Balaban J connectivity index is 1.72. The second-order valence-corrected chi connectivity index (χ2v) is 10.3. The highest BCUT2D eigenvalue weighted by atomic mass is 35.5. The molecule has 0 bridgehead atoms. The van der Waals surface area contributed by atoms with Gasteiger partial charge in [-0.1, -0.05) is 47.2 Å². The van der Waals surface area contributed by atoms with E-state index in [0.717, 1.165) is 11.4 Å². The van der Waals surface area contributed by atoms with Crippen LogP contribution in [0.5, 0.6) is 11.5 Å². The van der Waals surface area contributed by atoms with E-state index < -0.39 is 12.0 Å². The van der Waals surface area contributed by atoms with Crippen molar-refractivity contribution in [2.45, 2.75) is 26.8 Å². The Kier molecular flexibility index (Phi) is 7.64. The van der Waals surface area contributed by atoms with Gasteiger partial charge in [-0.2, -0.15) is 5.10 Å². The van der Waals surface area contributed by atoms with Gasteiger partial charge in [0.1, 0.15) is 0 Å². The molecule has 1 atom stereocenters. The Morgan fingerprint density at radius 2 is 1.82 bits per heavy atom. The Hall–Kier alpha value is -4.15. The highest BCUT2D eigenvalue weighted by Crippen LogP contribution is 2.36. The average Bonchev–Trinajstić information content (AvgIpc) is 3.42. The molecule has 0 radical (unpaired) electrons. The van der Waals surface area contributed by atoms with Crippen molar-refractivity contribution >= 4 is 35.0 Å². The predicted molar refractivity (Wildman–Crippen MR) is 153 cm³/mol. The topological polar surface area (TPSA) is 96.9 Å². The first-order valence-corrected chi connectivity index (χ1v) is 13.7. The molecule has 2 aromatic heterocycles. The second kappa shape index (κ2) is 11.1. The summed E-state index contributed by atoms with van der Waals surface area (Å²) in [7, 11) is 3.07. The lowest BCUT2D eigenvalue weighted by Gasteiger charge is -2.25. The summed E-state index contributed by atoms with van der Waals surface area (Å²) in [6, 6.07) is 14.1. The normalized spacial score (nSPS) is 15.1. The number of esters is 1. The van der Waals surface area contributed by atoms with E-state index in [2.05, 4.69) is 10.1 Å². The molecule has 0 spiro atoms. The molecule has 0 saturated heterocycles. The zero-order chi connectivity index (χ0) is 28.6.